The van der Waals surface area contributed by atoms with Crippen molar-refractivity contribution in [1.82, 2.24) is 10.6 Å². The summed E-state index contributed by atoms with van der Waals surface area (Å²) in [5.74, 6) is -0.173. The van der Waals surface area contributed by atoms with Crippen LogP contribution in [0.2, 0.25) is 0 Å². The summed E-state index contributed by atoms with van der Waals surface area (Å²) in [4.78, 5) is 23.4. The summed E-state index contributed by atoms with van der Waals surface area (Å²) in [6.45, 7) is 0.0836. The maximum Gasteiger partial charge on any atom is 0.239 e. The van der Waals surface area contributed by atoms with Crippen molar-refractivity contribution in [3.63, 3.8) is 0 Å². The van der Waals surface area contributed by atoms with Crippen LogP contribution in [0.25, 0.3) is 0 Å². The van der Waals surface area contributed by atoms with Gasteiger partial charge in [0, 0.05) is 6.04 Å². The molecule has 2 aliphatic rings. The number of nitrogens with one attached hydrogen (secondary N) is 2. The van der Waals surface area contributed by atoms with Gasteiger partial charge in [0.15, 0.2) is 0 Å². The van der Waals surface area contributed by atoms with Gasteiger partial charge in [-0.1, -0.05) is 18.2 Å². The molecule has 2 N–H and O–H groups in total. The SMILES string of the molecule is O=C(Cc1ccc2c(c1)CCCC2)NCC(=O)NC1CC1. The first-order valence-electron chi connectivity index (χ1n) is 7.87. The van der Waals surface area contributed by atoms with Gasteiger partial charge in [0.2, 0.25) is 11.8 Å². The van der Waals surface area contributed by atoms with E-state index < -0.39 is 0 Å². The fourth-order valence-electron chi connectivity index (χ4n) is 2.83. The molecule has 4 heteroatoms. The third-order valence-corrected chi connectivity index (χ3v) is 4.17. The quantitative estimate of drug-likeness (QED) is 0.862. The highest BCUT2D eigenvalue weighted by Crippen LogP contribution is 2.22. The smallest absolute Gasteiger partial charge is 0.239 e. The number of aryl methyl sites for hydroxylation is 2. The summed E-state index contributed by atoms with van der Waals surface area (Å²) in [5.41, 5.74) is 3.85. The molecule has 1 aromatic carbocycles. The second-order valence-electron chi connectivity index (χ2n) is 6.11. The average Bonchev–Trinajstić information content (AvgIpc) is 3.29. The second kappa shape index (κ2) is 6.29. The van der Waals surface area contributed by atoms with Crippen LogP contribution in [0.3, 0.4) is 0 Å². The van der Waals surface area contributed by atoms with Crippen LogP contribution in [0.1, 0.15) is 42.4 Å². The largest absolute Gasteiger partial charge is 0.352 e. The van der Waals surface area contributed by atoms with Crippen LogP contribution in [0, 0.1) is 0 Å². The number of fused-ring (bicyclic) bond motifs is 1. The van der Waals surface area contributed by atoms with Crippen molar-refractivity contribution in [2.24, 2.45) is 0 Å². The Balaban J connectivity index is 1.48. The zero-order valence-corrected chi connectivity index (χ0v) is 12.3. The number of amides is 2. The van der Waals surface area contributed by atoms with Crippen molar-refractivity contribution in [2.75, 3.05) is 6.54 Å². The van der Waals surface area contributed by atoms with E-state index >= 15 is 0 Å². The minimum atomic E-state index is -0.0868. The number of benzene rings is 1. The van der Waals surface area contributed by atoms with Gasteiger partial charge in [-0.15, -0.1) is 0 Å². The topological polar surface area (TPSA) is 58.2 Å². The fourth-order valence-corrected chi connectivity index (χ4v) is 2.83. The molecule has 1 fully saturated rings. The summed E-state index contributed by atoms with van der Waals surface area (Å²) in [6.07, 6.45) is 7.26. The first-order chi connectivity index (χ1) is 10.2. The molecule has 0 aliphatic heterocycles. The molecule has 0 spiro atoms. The van der Waals surface area contributed by atoms with Gasteiger partial charge in [0.25, 0.3) is 0 Å². The van der Waals surface area contributed by atoms with Crippen molar-refractivity contribution in [3.8, 4) is 0 Å². The van der Waals surface area contributed by atoms with E-state index in [-0.39, 0.29) is 18.4 Å². The van der Waals surface area contributed by atoms with Crippen LogP contribution in [0.5, 0.6) is 0 Å². The van der Waals surface area contributed by atoms with E-state index in [0.717, 1.165) is 31.2 Å². The number of carbonyl (C=O) groups is 2. The predicted molar refractivity (Wildman–Crippen MR) is 81.0 cm³/mol. The molecular formula is C17H22N2O2. The van der Waals surface area contributed by atoms with Crippen molar-refractivity contribution in [3.05, 3.63) is 34.9 Å². The van der Waals surface area contributed by atoms with E-state index in [1.54, 1.807) is 0 Å². The summed E-state index contributed by atoms with van der Waals surface area (Å²) in [5, 5.41) is 5.55. The first kappa shape index (κ1) is 14.1. The van der Waals surface area contributed by atoms with E-state index in [9.17, 15) is 9.59 Å². The Labute approximate surface area is 125 Å². The Morgan fingerprint density at radius 1 is 1.05 bits per heavy atom. The van der Waals surface area contributed by atoms with Crippen LogP contribution < -0.4 is 10.6 Å². The molecule has 2 amide bonds. The molecule has 0 unspecified atom stereocenters. The number of rotatable bonds is 5. The lowest BCUT2D eigenvalue weighted by atomic mass is 9.90. The zero-order chi connectivity index (χ0) is 14.7. The normalized spacial score (nSPS) is 17.0. The Bertz CT molecular complexity index is 550. The van der Waals surface area contributed by atoms with E-state index in [2.05, 4.69) is 22.8 Å². The zero-order valence-electron chi connectivity index (χ0n) is 12.3. The molecule has 0 aromatic heterocycles. The summed E-state index contributed by atoms with van der Waals surface area (Å²) >= 11 is 0. The van der Waals surface area contributed by atoms with Crippen molar-refractivity contribution >= 4 is 11.8 Å². The van der Waals surface area contributed by atoms with Gasteiger partial charge in [-0.05, 0) is 55.2 Å². The van der Waals surface area contributed by atoms with E-state index in [1.807, 2.05) is 6.07 Å². The summed E-state index contributed by atoms with van der Waals surface area (Å²) < 4.78 is 0. The molecule has 0 radical (unpaired) electrons. The molecule has 4 nitrogen and oxygen atoms in total. The Hall–Kier alpha value is -1.84. The maximum atomic E-state index is 11.9. The minimum Gasteiger partial charge on any atom is -0.352 e. The first-order valence-corrected chi connectivity index (χ1v) is 7.87. The number of carbonyl (C=O) groups excluding carboxylic acids is 2. The highest BCUT2D eigenvalue weighted by atomic mass is 16.2. The van der Waals surface area contributed by atoms with E-state index in [1.165, 1.54) is 24.0 Å². The van der Waals surface area contributed by atoms with Gasteiger partial charge < -0.3 is 10.6 Å². The standard InChI is InChI=1S/C17H22N2O2/c20-16(18-11-17(21)19-15-7-8-15)10-12-5-6-13-3-1-2-4-14(13)9-12/h5-6,9,15H,1-4,7-8,10-11H2,(H,18,20)(H,19,21). The molecule has 3 rings (SSSR count). The monoisotopic (exact) mass is 286 g/mol. The summed E-state index contributed by atoms with van der Waals surface area (Å²) in [6, 6.07) is 6.68. The van der Waals surface area contributed by atoms with Crippen LogP contribution in [-0.4, -0.2) is 24.4 Å². The van der Waals surface area contributed by atoms with Gasteiger partial charge >= 0.3 is 0 Å². The lowest BCUT2D eigenvalue weighted by Crippen LogP contribution is -2.38. The average molecular weight is 286 g/mol. The number of hydrogen-bond donors (Lipinski definition) is 2. The van der Waals surface area contributed by atoms with Crippen LogP contribution in [-0.2, 0) is 28.9 Å². The molecule has 1 aromatic rings. The highest BCUT2D eigenvalue weighted by molar-refractivity contribution is 5.85. The second-order valence-corrected chi connectivity index (χ2v) is 6.11. The fraction of sp³-hybridized carbons (Fsp3) is 0.529. The molecule has 0 saturated heterocycles. The van der Waals surface area contributed by atoms with Gasteiger partial charge in [0.05, 0.1) is 13.0 Å². The molecular weight excluding hydrogens is 264 g/mol. The van der Waals surface area contributed by atoms with Gasteiger partial charge in [-0.3, -0.25) is 9.59 Å². The summed E-state index contributed by atoms with van der Waals surface area (Å²) in [7, 11) is 0. The van der Waals surface area contributed by atoms with Crippen molar-refractivity contribution in [1.29, 1.82) is 0 Å². The van der Waals surface area contributed by atoms with E-state index in [4.69, 9.17) is 0 Å². The molecule has 0 bridgehead atoms. The third-order valence-electron chi connectivity index (χ3n) is 4.17. The van der Waals surface area contributed by atoms with Crippen molar-refractivity contribution < 1.29 is 9.59 Å². The Morgan fingerprint density at radius 2 is 1.81 bits per heavy atom. The van der Waals surface area contributed by atoms with Gasteiger partial charge in [0.1, 0.15) is 0 Å². The van der Waals surface area contributed by atoms with E-state index in [0.29, 0.717) is 12.5 Å². The van der Waals surface area contributed by atoms with Crippen LogP contribution in [0.15, 0.2) is 18.2 Å². The molecule has 112 valence electrons. The molecule has 1 saturated carbocycles. The maximum absolute atomic E-state index is 11.9. The van der Waals surface area contributed by atoms with Crippen LogP contribution in [0.4, 0.5) is 0 Å². The van der Waals surface area contributed by atoms with Gasteiger partial charge in [-0.2, -0.15) is 0 Å². The molecule has 0 atom stereocenters. The highest BCUT2D eigenvalue weighted by Gasteiger charge is 2.23. The van der Waals surface area contributed by atoms with Crippen molar-refractivity contribution in [2.45, 2.75) is 51.0 Å². The molecule has 2 aliphatic carbocycles. The lowest BCUT2D eigenvalue weighted by molar-refractivity contribution is -0.125. The Kier molecular flexibility index (Phi) is 4.23. The molecule has 21 heavy (non-hydrogen) atoms. The Morgan fingerprint density at radius 3 is 2.57 bits per heavy atom. The third kappa shape index (κ3) is 4.06. The van der Waals surface area contributed by atoms with Gasteiger partial charge in [-0.25, -0.2) is 0 Å². The minimum absolute atomic E-state index is 0.0836. The number of hydrogen-bond acceptors (Lipinski definition) is 2. The lowest BCUT2D eigenvalue weighted by Gasteiger charge is -2.16. The molecule has 0 heterocycles. The predicted octanol–water partition coefficient (Wildman–Crippen LogP) is 1.50. The van der Waals surface area contributed by atoms with Crippen LogP contribution >= 0.6 is 0 Å².